The molecule has 1 unspecified atom stereocenters. The molecule has 0 saturated carbocycles. The number of rotatable bonds is 3. The fourth-order valence-corrected chi connectivity index (χ4v) is 1.67. The van der Waals surface area contributed by atoms with Gasteiger partial charge < -0.3 is 14.8 Å². The smallest absolute Gasteiger partial charge is 0.261 e. The van der Waals surface area contributed by atoms with Gasteiger partial charge >= 0.3 is 0 Å². The van der Waals surface area contributed by atoms with Crippen molar-refractivity contribution >= 4 is 5.91 Å². The molecule has 1 saturated heterocycles. The molecule has 2 rings (SSSR count). The van der Waals surface area contributed by atoms with Crippen molar-refractivity contribution in [2.45, 2.75) is 18.9 Å². The first-order valence-corrected chi connectivity index (χ1v) is 5.38. The third kappa shape index (κ3) is 2.45. The Balaban J connectivity index is 1.99. The molecular weight excluding hydrogens is 206 g/mol. The fourth-order valence-electron chi connectivity index (χ4n) is 1.67. The van der Waals surface area contributed by atoms with Gasteiger partial charge in [0.1, 0.15) is 11.5 Å². The second kappa shape index (κ2) is 4.88. The molecule has 1 N–H and O–H groups in total. The maximum absolute atomic E-state index is 11.5. The van der Waals surface area contributed by atoms with Gasteiger partial charge in [0.15, 0.2) is 6.10 Å². The number of carbonyl (C=O) groups is 1. The second-order valence-corrected chi connectivity index (χ2v) is 3.72. The number of methoxy groups -OCH3 is 1. The quantitative estimate of drug-likeness (QED) is 0.838. The molecule has 0 radical (unpaired) electrons. The van der Waals surface area contributed by atoms with E-state index in [1.807, 2.05) is 12.1 Å². The summed E-state index contributed by atoms with van der Waals surface area (Å²) in [6.07, 6.45) is 1.38. The van der Waals surface area contributed by atoms with Crippen LogP contribution < -0.4 is 14.8 Å². The van der Waals surface area contributed by atoms with Crippen LogP contribution >= 0.6 is 0 Å². The average Bonchev–Trinajstić information content (AvgIpc) is 2.33. The summed E-state index contributed by atoms with van der Waals surface area (Å²) in [5.41, 5.74) is 0. The van der Waals surface area contributed by atoms with Gasteiger partial charge in [0, 0.05) is 6.54 Å². The van der Waals surface area contributed by atoms with E-state index in [0.29, 0.717) is 5.75 Å². The van der Waals surface area contributed by atoms with Crippen molar-refractivity contribution in [1.29, 1.82) is 0 Å². The SMILES string of the molecule is COc1ccc(OC2CCCNC2=O)cc1. The Hall–Kier alpha value is -1.71. The molecule has 1 heterocycles. The number of benzene rings is 1. The summed E-state index contributed by atoms with van der Waals surface area (Å²) >= 11 is 0. The lowest BCUT2D eigenvalue weighted by Gasteiger charge is -2.22. The van der Waals surface area contributed by atoms with E-state index in [0.717, 1.165) is 25.1 Å². The predicted molar refractivity (Wildman–Crippen MR) is 59.7 cm³/mol. The summed E-state index contributed by atoms with van der Waals surface area (Å²) in [4.78, 5) is 11.5. The molecule has 1 fully saturated rings. The highest BCUT2D eigenvalue weighted by Gasteiger charge is 2.23. The lowest BCUT2D eigenvalue weighted by atomic mass is 10.1. The molecule has 4 heteroatoms. The fraction of sp³-hybridized carbons (Fsp3) is 0.417. The van der Waals surface area contributed by atoms with Crippen LogP contribution in [-0.2, 0) is 4.79 Å². The number of hydrogen-bond donors (Lipinski definition) is 1. The van der Waals surface area contributed by atoms with E-state index in [2.05, 4.69) is 5.32 Å². The van der Waals surface area contributed by atoms with E-state index >= 15 is 0 Å². The van der Waals surface area contributed by atoms with Crippen molar-refractivity contribution < 1.29 is 14.3 Å². The zero-order valence-corrected chi connectivity index (χ0v) is 9.23. The van der Waals surface area contributed by atoms with Crippen LogP contribution in [0.1, 0.15) is 12.8 Å². The van der Waals surface area contributed by atoms with E-state index in [4.69, 9.17) is 9.47 Å². The first-order chi connectivity index (χ1) is 7.79. The summed E-state index contributed by atoms with van der Waals surface area (Å²) in [5.74, 6) is 1.45. The van der Waals surface area contributed by atoms with Gasteiger partial charge in [0.2, 0.25) is 0 Å². The number of hydrogen-bond acceptors (Lipinski definition) is 3. The van der Waals surface area contributed by atoms with E-state index in [1.165, 1.54) is 0 Å². The van der Waals surface area contributed by atoms with Crippen LogP contribution in [0.15, 0.2) is 24.3 Å². The molecule has 16 heavy (non-hydrogen) atoms. The van der Waals surface area contributed by atoms with Crippen molar-refractivity contribution in [3.8, 4) is 11.5 Å². The minimum absolute atomic E-state index is 0.0259. The van der Waals surface area contributed by atoms with E-state index in [9.17, 15) is 4.79 Å². The zero-order chi connectivity index (χ0) is 11.4. The molecule has 1 amide bonds. The van der Waals surface area contributed by atoms with Gasteiger partial charge in [-0.2, -0.15) is 0 Å². The van der Waals surface area contributed by atoms with Crippen molar-refractivity contribution in [3.05, 3.63) is 24.3 Å². The van der Waals surface area contributed by atoms with Crippen LogP contribution in [0.2, 0.25) is 0 Å². The molecule has 0 spiro atoms. The van der Waals surface area contributed by atoms with Gasteiger partial charge in [-0.1, -0.05) is 0 Å². The molecular formula is C12H15NO3. The van der Waals surface area contributed by atoms with E-state index in [1.54, 1.807) is 19.2 Å². The lowest BCUT2D eigenvalue weighted by molar-refractivity contribution is -0.129. The van der Waals surface area contributed by atoms with Crippen LogP contribution in [0.4, 0.5) is 0 Å². The normalized spacial score (nSPS) is 20.1. The standard InChI is InChI=1S/C12H15NO3/c1-15-9-4-6-10(7-5-9)16-11-3-2-8-13-12(11)14/h4-7,11H,2-3,8H2,1H3,(H,13,14). The molecule has 1 aromatic carbocycles. The Bertz CT molecular complexity index is 361. The first kappa shape index (κ1) is 10.8. The van der Waals surface area contributed by atoms with Gasteiger partial charge in [-0.25, -0.2) is 0 Å². The van der Waals surface area contributed by atoms with Crippen LogP contribution in [-0.4, -0.2) is 25.7 Å². The Morgan fingerprint density at radius 1 is 1.25 bits per heavy atom. The molecule has 0 aliphatic carbocycles. The minimum atomic E-state index is -0.359. The summed E-state index contributed by atoms with van der Waals surface area (Å²) < 4.78 is 10.6. The van der Waals surface area contributed by atoms with Crippen LogP contribution in [0.3, 0.4) is 0 Å². The second-order valence-electron chi connectivity index (χ2n) is 3.72. The van der Waals surface area contributed by atoms with Crippen molar-refractivity contribution in [3.63, 3.8) is 0 Å². The molecule has 1 aromatic rings. The molecule has 1 aliphatic heterocycles. The third-order valence-electron chi connectivity index (χ3n) is 2.57. The molecule has 0 bridgehead atoms. The van der Waals surface area contributed by atoms with Gasteiger partial charge in [-0.05, 0) is 37.1 Å². The van der Waals surface area contributed by atoms with Gasteiger partial charge in [-0.15, -0.1) is 0 Å². The monoisotopic (exact) mass is 221 g/mol. The maximum Gasteiger partial charge on any atom is 0.261 e. The third-order valence-corrected chi connectivity index (χ3v) is 2.57. The highest BCUT2D eigenvalue weighted by molar-refractivity contribution is 5.81. The Morgan fingerprint density at radius 3 is 2.56 bits per heavy atom. The van der Waals surface area contributed by atoms with Crippen molar-refractivity contribution in [2.24, 2.45) is 0 Å². The van der Waals surface area contributed by atoms with Gasteiger partial charge in [-0.3, -0.25) is 4.79 Å². The molecule has 4 nitrogen and oxygen atoms in total. The summed E-state index contributed by atoms with van der Waals surface area (Å²) in [5, 5.41) is 2.79. The minimum Gasteiger partial charge on any atom is -0.497 e. The molecule has 0 aromatic heterocycles. The summed E-state index contributed by atoms with van der Waals surface area (Å²) in [6, 6.07) is 7.24. The topological polar surface area (TPSA) is 47.6 Å². The van der Waals surface area contributed by atoms with Crippen LogP contribution in [0.25, 0.3) is 0 Å². The average molecular weight is 221 g/mol. The summed E-state index contributed by atoms with van der Waals surface area (Å²) in [6.45, 7) is 0.751. The highest BCUT2D eigenvalue weighted by atomic mass is 16.5. The Morgan fingerprint density at radius 2 is 1.94 bits per heavy atom. The highest BCUT2D eigenvalue weighted by Crippen LogP contribution is 2.20. The van der Waals surface area contributed by atoms with Crippen LogP contribution in [0, 0.1) is 0 Å². The predicted octanol–water partition coefficient (Wildman–Crippen LogP) is 1.35. The largest absolute Gasteiger partial charge is 0.497 e. The Kier molecular flexibility index (Phi) is 3.29. The number of carbonyl (C=O) groups excluding carboxylic acids is 1. The van der Waals surface area contributed by atoms with Gasteiger partial charge in [0.05, 0.1) is 7.11 Å². The number of ether oxygens (including phenoxy) is 2. The lowest BCUT2D eigenvalue weighted by Crippen LogP contribution is -2.43. The van der Waals surface area contributed by atoms with Crippen molar-refractivity contribution in [1.82, 2.24) is 5.32 Å². The number of nitrogens with one attached hydrogen (secondary N) is 1. The first-order valence-electron chi connectivity index (χ1n) is 5.38. The zero-order valence-electron chi connectivity index (χ0n) is 9.23. The Labute approximate surface area is 94.6 Å². The van der Waals surface area contributed by atoms with Crippen molar-refractivity contribution in [2.75, 3.05) is 13.7 Å². The number of piperidine rings is 1. The molecule has 1 atom stereocenters. The number of amides is 1. The van der Waals surface area contributed by atoms with Gasteiger partial charge in [0.25, 0.3) is 5.91 Å². The van der Waals surface area contributed by atoms with E-state index < -0.39 is 0 Å². The summed E-state index contributed by atoms with van der Waals surface area (Å²) in [7, 11) is 1.62. The van der Waals surface area contributed by atoms with Crippen LogP contribution in [0.5, 0.6) is 11.5 Å². The molecule has 86 valence electrons. The molecule has 1 aliphatic rings. The maximum atomic E-state index is 11.5. The van der Waals surface area contributed by atoms with E-state index in [-0.39, 0.29) is 12.0 Å².